The number of hydrogen-bond acceptors (Lipinski definition) is 3. The molecule has 2 N–H and O–H groups in total. The van der Waals surface area contributed by atoms with Crippen molar-refractivity contribution in [3.63, 3.8) is 0 Å². The van der Waals surface area contributed by atoms with Crippen LogP contribution in [0.2, 0.25) is 0 Å². The number of halogens is 3. The van der Waals surface area contributed by atoms with Gasteiger partial charge in [0.1, 0.15) is 23.0 Å². The summed E-state index contributed by atoms with van der Waals surface area (Å²) in [6.07, 6.45) is -2.81. The summed E-state index contributed by atoms with van der Waals surface area (Å²) in [4.78, 5) is 4.18. The monoisotopic (exact) mass is 312 g/mol. The summed E-state index contributed by atoms with van der Waals surface area (Å²) in [6, 6.07) is 7.90. The van der Waals surface area contributed by atoms with Crippen molar-refractivity contribution in [2.45, 2.75) is 12.8 Å². The van der Waals surface area contributed by atoms with Gasteiger partial charge in [0.05, 0.1) is 5.56 Å². The van der Waals surface area contributed by atoms with Crippen LogP contribution >= 0.6 is 12.2 Å². The Labute approximate surface area is 124 Å². The largest absolute Gasteiger partial charge is 0.489 e. The number of nitrogens with two attached hydrogens (primary N) is 1. The zero-order chi connectivity index (χ0) is 15.5. The molecule has 0 saturated heterocycles. The quantitative estimate of drug-likeness (QED) is 0.880. The lowest BCUT2D eigenvalue weighted by molar-refractivity contribution is -0.137. The molecule has 0 saturated carbocycles. The first-order chi connectivity index (χ1) is 9.88. The SMILES string of the molecule is NC(=S)c1ncccc1COc1ccc(C(F)(F)F)cc1. The average Bonchev–Trinajstić information content (AvgIpc) is 2.45. The zero-order valence-corrected chi connectivity index (χ0v) is 11.5. The molecule has 0 aliphatic heterocycles. The second-order valence-corrected chi connectivity index (χ2v) is 4.63. The fraction of sp³-hybridized carbons (Fsp3) is 0.143. The van der Waals surface area contributed by atoms with E-state index in [1.54, 1.807) is 18.3 Å². The molecule has 2 rings (SSSR count). The molecule has 0 unspecified atom stereocenters. The van der Waals surface area contributed by atoms with E-state index in [1.807, 2.05) is 0 Å². The highest BCUT2D eigenvalue weighted by Crippen LogP contribution is 2.30. The van der Waals surface area contributed by atoms with Crippen molar-refractivity contribution in [2.24, 2.45) is 5.73 Å². The van der Waals surface area contributed by atoms with Gasteiger partial charge in [-0.2, -0.15) is 13.2 Å². The molecule has 0 fully saturated rings. The maximum atomic E-state index is 12.4. The first-order valence-corrected chi connectivity index (χ1v) is 6.32. The second kappa shape index (κ2) is 6.09. The molecule has 110 valence electrons. The number of hydrogen-bond donors (Lipinski definition) is 1. The van der Waals surface area contributed by atoms with Gasteiger partial charge in [-0.25, -0.2) is 0 Å². The standard InChI is InChI=1S/C14H11F3N2OS/c15-14(16,17)10-3-5-11(6-4-10)20-8-9-2-1-7-19-12(9)13(18)21/h1-7H,8H2,(H2,18,21). The number of aromatic nitrogens is 1. The Morgan fingerprint density at radius 3 is 2.43 bits per heavy atom. The van der Waals surface area contributed by atoms with Gasteiger partial charge in [0.15, 0.2) is 0 Å². The Balaban J connectivity index is 2.09. The minimum Gasteiger partial charge on any atom is -0.489 e. The highest BCUT2D eigenvalue weighted by atomic mass is 32.1. The van der Waals surface area contributed by atoms with Gasteiger partial charge in [-0.1, -0.05) is 18.3 Å². The van der Waals surface area contributed by atoms with E-state index in [4.69, 9.17) is 22.7 Å². The number of nitrogens with zero attached hydrogens (tertiary/aromatic N) is 1. The van der Waals surface area contributed by atoms with E-state index < -0.39 is 11.7 Å². The van der Waals surface area contributed by atoms with Crippen molar-refractivity contribution in [2.75, 3.05) is 0 Å². The highest BCUT2D eigenvalue weighted by Gasteiger charge is 2.30. The van der Waals surface area contributed by atoms with E-state index in [9.17, 15) is 13.2 Å². The third-order valence-corrected chi connectivity index (χ3v) is 2.89. The average molecular weight is 312 g/mol. The van der Waals surface area contributed by atoms with Crippen LogP contribution < -0.4 is 10.5 Å². The fourth-order valence-electron chi connectivity index (χ4n) is 1.68. The van der Waals surface area contributed by atoms with Crippen LogP contribution in [0.4, 0.5) is 13.2 Å². The maximum Gasteiger partial charge on any atom is 0.416 e. The Bertz CT molecular complexity index is 641. The predicted octanol–water partition coefficient (Wildman–Crippen LogP) is 3.31. The molecule has 21 heavy (non-hydrogen) atoms. The fourth-order valence-corrected chi connectivity index (χ4v) is 1.86. The first kappa shape index (κ1) is 15.2. The van der Waals surface area contributed by atoms with E-state index in [1.165, 1.54) is 12.1 Å². The Hall–Kier alpha value is -2.15. The van der Waals surface area contributed by atoms with E-state index in [0.717, 1.165) is 12.1 Å². The molecular formula is C14H11F3N2OS. The van der Waals surface area contributed by atoms with Gasteiger partial charge in [0.2, 0.25) is 0 Å². The number of ether oxygens (including phenoxy) is 1. The van der Waals surface area contributed by atoms with E-state index >= 15 is 0 Å². The van der Waals surface area contributed by atoms with Crippen LogP contribution in [0.1, 0.15) is 16.8 Å². The van der Waals surface area contributed by atoms with Gasteiger partial charge < -0.3 is 10.5 Å². The third kappa shape index (κ3) is 3.91. The summed E-state index contributed by atoms with van der Waals surface area (Å²) >= 11 is 4.87. The van der Waals surface area contributed by atoms with Crippen molar-refractivity contribution >= 4 is 17.2 Å². The van der Waals surface area contributed by atoms with Crippen LogP contribution in [0.3, 0.4) is 0 Å². The summed E-state index contributed by atoms with van der Waals surface area (Å²) in [7, 11) is 0. The normalized spacial score (nSPS) is 11.2. The molecule has 2 aromatic rings. The zero-order valence-electron chi connectivity index (χ0n) is 10.7. The predicted molar refractivity (Wildman–Crippen MR) is 75.9 cm³/mol. The minimum atomic E-state index is -4.36. The second-order valence-electron chi connectivity index (χ2n) is 4.19. The lowest BCUT2D eigenvalue weighted by Crippen LogP contribution is -2.15. The van der Waals surface area contributed by atoms with Crippen LogP contribution in [0.25, 0.3) is 0 Å². The van der Waals surface area contributed by atoms with Crippen LogP contribution in [0.5, 0.6) is 5.75 Å². The maximum absolute atomic E-state index is 12.4. The van der Waals surface area contributed by atoms with Gasteiger partial charge in [0, 0.05) is 11.8 Å². The molecule has 0 spiro atoms. The van der Waals surface area contributed by atoms with Gasteiger partial charge in [0.25, 0.3) is 0 Å². The van der Waals surface area contributed by atoms with E-state index in [0.29, 0.717) is 17.0 Å². The summed E-state index contributed by atoms with van der Waals surface area (Å²) in [5, 5.41) is 0. The summed E-state index contributed by atoms with van der Waals surface area (Å²) in [5.41, 5.74) is 5.93. The highest BCUT2D eigenvalue weighted by molar-refractivity contribution is 7.80. The minimum absolute atomic E-state index is 0.117. The molecular weight excluding hydrogens is 301 g/mol. The molecule has 3 nitrogen and oxygen atoms in total. The molecule has 7 heteroatoms. The van der Waals surface area contributed by atoms with E-state index in [-0.39, 0.29) is 11.6 Å². The Kier molecular flexibility index (Phi) is 4.42. The molecule has 0 atom stereocenters. The number of thiocarbonyl (C=S) groups is 1. The molecule has 0 amide bonds. The summed E-state index contributed by atoms with van der Waals surface area (Å²) in [6.45, 7) is 0.117. The van der Waals surface area contributed by atoms with Gasteiger partial charge in [-0.3, -0.25) is 4.98 Å². The molecule has 0 aliphatic rings. The smallest absolute Gasteiger partial charge is 0.416 e. The van der Waals surface area contributed by atoms with Crippen molar-refractivity contribution in [3.05, 3.63) is 59.4 Å². The lowest BCUT2D eigenvalue weighted by atomic mass is 10.2. The molecule has 0 bridgehead atoms. The summed E-state index contributed by atoms with van der Waals surface area (Å²) in [5.74, 6) is 0.320. The molecule has 0 radical (unpaired) electrons. The van der Waals surface area contributed by atoms with Crippen LogP contribution in [-0.4, -0.2) is 9.97 Å². The van der Waals surface area contributed by atoms with Crippen molar-refractivity contribution in [1.29, 1.82) is 0 Å². The van der Waals surface area contributed by atoms with Crippen LogP contribution in [0, 0.1) is 0 Å². The molecule has 1 aromatic carbocycles. The van der Waals surface area contributed by atoms with Gasteiger partial charge in [-0.15, -0.1) is 0 Å². The Morgan fingerprint density at radius 1 is 1.19 bits per heavy atom. The lowest BCUT2D eigenvalue weighted by Gasteiger charge is -2.11. The van der Waals surface area contributed by atoms with E-state index in [2.05, 4.69) is 4.98 Å². The van der Waals surface area contributed by atoms with Crippen LogP contribution in [-0.2, 0) is 12.8 Å². The van der Waals surface area contributed by atoms with Crippen molar-refractivity contribution in [1.82, 2.24) is 4.98 Å². The number of pyridine rings is 1. The number of rotatable bonds is 4. The van der Waals surface area contributed by atoms with Crippen molar-refractivity contribution < 1.29 is 17.9 Å². The number of benzene rings is 1. The van der Waals surface area contributed by atoms with Gasteiger partial charge in [-0.05, 0) is 30.3 Å². The van der Waals surface area contributed by atoms with Crippen LogP contribution in [0.15, 0.2) is 42.6 Å². The topological polar surface area (TPSA) is 48.1 Å². The first-order valence-electron chi connectivity index (χ1n) is 5.91. The molecule has 1 aromatic heterocycles. The Morgan fingerprint density at radius 2 is 1.86 bits per heavy atom. The summed E-state index contributed by atoms with van der Waals surface area (Å²) < 4.78 is 42.7. The van der Waals surface area contributed by atoms with Gasteiger partial charge >= 0.3 is 6.18 Å². The third-order valence-electron chi connectivity index (χ3n) is 2.70. The molecule has 1 heterocycles. The van der Waals surface area contributed by atoms with Crippen molar-refractivity contribution in [3.8, 4) is 5.75 Å². The number of alkyl halides is 3. The molecule has 0 aliphatic carbocycles.